The molecule has 0 fully saturated rings. The van der Waals surface area contributed by atoms with Crippen molar-refractivity contribution >= 4 is 110 Å². The van der Waals surface area contributed by atoms with E-state index in [1.165, 1.54) is 65.6 Å². The molecule has 4 aromatic heterocycles. The highest BCUT2D eigenvalue weighted by Crippen LogP contribution is 2.46. The summed E-state index contributed by atoms with van der Waals surface area (Å²) in [5, 5.41) is 11.8. The van der Waals surface area contributed by atoms with Crippen LogP contribution in [0.3, 0.4) is 0 Å². The molecule has 0 spiro atoms. The van der Waals surface area contributed by atoms with Gasteiger partial charge in [0.1, 0.15) is 11.5 Å². The zero-order chi connectivity index (χ0) is 54.4. The monoisotopic (exact) mass is 1050 g/mol. The average molecular weight is 1050 g/mol. The highest BCUT2D eigenvalue weighted by molar-refractivity contribution is 6.29. The van der Waals surface area contributed by atoms with Crippen molar-refractivity contribution in [1.29, 1.82) is 0 Å². The summed E-state index contributed by atoms with van der Waals surface area (Å²) in [6, 6.07) is 96.4. The molecule has 0 saturated carbocycles. The lowest BCUT2D eigenvalue weighted by Crippen LogP contribution is -2.10. The Morgan fingerprint density at radius 1 is 0.256 bits per heavy atom. The number of hydrogen-bond acceptors (Lipinski definition) is 4. The second-order valence-corrected chi connectivity index (χ2v) is 21.4. The topological polar surface area (TPSA) is 42.6 Å². The van der Waals surface area contributed by atoms with Gasteiger partial charge in [-0.2, -0.15) is 0 Å². The summed E-state index contributed by atoms with van der Waals surface area (Å²) in [6.07, 6.45) is 3.68. The van der Waals surface area contributed by atoms with Gasteiger partial charge < -0.3 is 27.8 Å². The molecular weight excluding hydrogens is 1000 g/mol. The van der Waals surface area contributed by atoms with E-state index in [1.807, 2.05) is 24.7 Å². The first kappa shape index (κ1) is 47.2. The van der Waals surface area contributed by atoms with E-state index in [4.69, 9.17) is 8.83 Å². The highest BCUT2D eigenvalue weighted by atomic mass is 16.3. The Labute approximate surface area is 473 Å². The van der Waals surface area contributed by atoms with Crippen LogP contribution in [0.5, 0.6) is 0 Å². The van der Waals surface area contributed by atoms with Gasteiger partial charge >= 0.3 is 0 Å². The van der Waals surface area contributed by atoms with E-state index in [-0.39, 0.29) is 0 Å². The lowest BCUT2D eigenvalue weighted by Gasteiger charge is -2.26. The molecule has 16 rings (SSSR count). The van der Waals surface area contributed by atoms with E-state index in [9.17, 15) is 0 Å². The second kappa shape index (κ2) is 18.9. The number of aromatic nitrogens is 2. The number of aryl methyl sites for hydroxylation is 2. The maximum absolute atomic E-state index is 6.15. The van der Waals surface area contributed by atoms with Crippen LogP contribution < -0.4 is 9.80 Å². The van der Waals surface area contributed by atoms with Crippen LogP contribution in [0.1, 0.15) is 0 Å². The Kier molecular flexibility index (Phi) is 10.9. The molecule has 0 radical (unpaired) electrons. The summed E-state index contributed by atoms with van der Waals surface area (Å²) < 4.78 is 17.0. The van der Waals surface area contributed by atoms with E-state index in [0.717, 1.165) is 89.4 Å². The molecule has 0 atom stereocenters. The Bertz CT molecular complexity index is 4760. The molecule has 0 aliphatic heterocycles. The van der Waals surface area contributed by atoms with E-state index in [0.29, 0.717) is 0 Å². The zero-order valence-corrected chi connectivity index (χ0v) is 45.2. The summed E-state index contributed by atoms with van der Waals surface area (Å²) in [7, 11) is 4.40. The maximum Gasteiger partial charge on any atom is 0.141 e. The Morgan fingerprint density at radius 3 is 0.963 bits per heavy atom. The van der Waals surface area contributed by atoms with Crippen molar-refractivity contribution in [2.75, 3.05) is 9.80 Å². The average Bonchev–Trinajstić information content (AvgIpc) is 4.08. The van der Waals surface area contributed by atoms with Crippen LogP contribution in [-0.2, 0) is 14.1 Å². The molecule has 0 bridgehead atoms. The van der Waals surface area contributed by atoms with E-state index < -0.39 is 0 Å². The van der Waals surface area contributed by atoms with Crippen molar-refractivity contribution in [2.45, 2.75) is 0 Å². The fourth-order valence-electron chi connectivity index (χ4n) is 12.8. The van der Waals surface area contributed by atoms with Crippen molar-refractivity contribution in [3.05, 3.63) is 279 Å². The van der Waals surface area contributed by atoms with Gasteiger partial charge in [0, 0.05) is 113 Å². The SMILES string of the molecule is Cn1c2cc(N(c3ccc(-c4ccccc4)cc3)c3ccc(-c4occ5ccccc45)cc3)ccc2c2c3ccc4c(c3ccc21)c1ccc(N(c2ccc(-c3ccccc3)cc2)c2ccc(-c3occ5ccccc35)cc2)cc1n4C. The lowest BCUT2D eigenvalue weighted by molar-refractivity contribution is 0.587. The van der Waals surface area contributed by atoms with Crippen LogP contribution in [0.4, 0.5) is 34.1 Å². The predicted molar refractivity (Wildman–Crippen MR) is 343 cm³/mol. The maximum atomic E-state index is 6.15. The summed E-state index contributed by atoms with van der Waals surface area (Å²) in [5.74, 6) is 1.75. The molecule has 4 heterocycles. The number of nitrogens with zero attached hydrogens (tertiary/aromatic N) is 4. The summed E-state index contributed by atoms with van der Waals surface area (Å²) in [5.41, 5.74) is 17.9. The van der Waals surface area contributed by atoms with Gasteiger partial charge in [0.2, 0.25) is 0 Å². The van der Waals surface area contributed by atoms with Crippen LogP contribution in [0.15, 0.2) is 288 Å². The number of furan rings is 2. The number of rotatable bonds is 10. The van der Waals surface area contributed by atoms with E-state index in [2.05, 4.69) is 288 Å². The quantitative estimate of drug-likeness (QED) is 0.137. The molecule has 0 amide bonds. The molecule has 16 aromatic rings. The van der Waals surface area contributed by atoms with Crippen LogP contribution in [0.25, 0.3) is 121 Å². The third kappa shape index (κ3) is 7.64. The third-order valence-corrected chi connectivity index (χ3v) is 16.9. The highest BCUT2D eigenvalue weighted by Gasteiger charge is 2.22. The van der Waals surface area contributed by atoms with Crippen LogP contribution in [0.2, 0.25) is 0 Å². The summed E-state index contributed by atoms with van der Waals surface area (Å²) >= 11 is 0. The second-order valence-electron chi connectivity index (χ2n) is 21.4. The standard InChI is InChI=1S/C76H52N4O2/c1-77-69-43-41-66-65(73(69)67-39-37-61(45-71(67)77)79(57-29-21-51(22-30-57)49-13-5-3-6-14-49)59-33-25-53(26-34-59)75-63-19-11-9-17-55(63)47-81-75)42-44-70-74(66)68-40-38-62(46-72(68)78(70)2)80(58-31-23-52(24-32-58)50-15-7-4-8-16-50)60-35-27-54(28-36-60)76-64-20-12-10-18-56(64)48-82-76/h3-48H,1-2H3. The minimum Gasteiger partial charge on any atom is -0.463 e. The first-order valence-corrected chi connectivity index (χ1v) is 27.9. The Morgan fingerprint density at radius 2 is 0.573 bits per heavy atom. The van der Waals surface area contributed by atoms with Crippen LogP contribution >= 0.6 is 0 Å². The normalized spacial score (nSPS) is 11.8. The van der Waals surface area contributed by atoms with E-state index in [1.54, 1.807) is 0 Å². The molecule has 0 N–H and O–H groups in total. The Hall–Kier alpha value is -10.8. The van der Waals surface area contributed by atoms with Gasteiger partial charge in [-0.3, -0.25) is 0 Å². The zero-order valence-electron chi connectivity index (χ0n) is 45.2. The molecule has 388 valence electrons. The van der Waals surface area contributed by atoms with Gasteiger partial charge in [0.05, 0.1) is 23.6 Å². The third-order valence-electron chi connectivity index (χ3n) is 16.9. The fourth-order valence-corrected chi connectivity index (χ4v) is 12.8. The van der Waals surface area contributed by atoms with Gasteiger partial charge in [0.15, 0.2) is 0 Å². The smallest absolute Gasteiger partial charge is 0.141 e. The lowest BCUT2D eigenvalue weighted by atomic mass is 9.99. The molecule has 0 saturated heterocycles. The molecule has 0 aliphatic carbocycles. The minimum atomic E-state index is 0.876. The van der Waals surface area contributed by atoms with Crippen LogP contribution in [-0.4, -0.2) is 9.13 Å². The van der Waals surface area contributed by atoms with Crippen molar-refractivity contribution in [1.82, 2.24) is 9.13 Å². The van der Waals surface area contributed by atoms with Gasteiger partial charge in [-0.1, -0.05) is 158 Å². The van der Waals surface area contributed by atoms with Crippen molar-refractivity contribution in [3.63, 3.8) is 0 Å². The van der Waals surface area contributed by atoms with Crippen LogP contribution in [0, 0.1) is 0 Å². The molecule has 0 unspecified atom stereocenters. The van der Waals surface area contributed by atoms with Gasteiger partial charge in [-0.05, 0) is 142 Å². The molecule has 82 heavy (non-hydrogen) atoms. The largest absolute Gasteiger partial charge is 0.463 e. The summed E-state index contributed by atoms with van der Waals surface area (Å²) in [4.78, 5) is 4.72. The first-order chi connectivity index (χ1) is 40.5. The Balaban J connectivity index is 0.802. The molecule has 0 aliphatic rings. The summed E-state index contributed by atoms with van der Waals surface area (Å²) in [6.45, 7) is 0. The van der Waals surface area contributed by atoms with E-state index >= 15 is 0 Å². The number of anilines is 6. The van der Waals surface area contributed by atoms with Gasteiger partial charge in [-0.15, -0.1) is 0 Å². The first-order valence-electron chi connectivity index (χ1n) is 27.9. The fraction of sp³-hybridized carbons (Fsp3) is 0.0263. The molecular formula is C76H52N4O2. The van der Waals surface area contributed by atoms with Crippen molar-refractivity contribution < 1.29 is 8.83 Å². The molecule has 12 aromatic carbocycles. The van der Waals surface area contributed by atoms with Crippen molar-refractivity contribution in [2.24, 2.45) is 14.1 Å². The predicted octanol–water partition coefficient (Wildman–Crippen LogP) is 21.2. The number of fused-ring (bicyclic) bond motifs is 11. The van der Waals surface area contributed by atoms with Crippen molar-refractivity contribution in [3.8, 4) is 44.9 Å². The van der Waals surface area contributed by atoms with Gasteiger partial charge in [0.25, 0.3) is 0 Å². The number of benzene rings is 12. The molecule has 6 nitrogen and oxygen atoms in total. The minimum absolute atomic E-state index is 0.876. The molecule has 6 heteroatoms. The number of hydrogen-bond donors (Lipinski definition) is 0. The van der Waals surface area contributed by atoms with Gasteiger partial charge in [-0.25, -0.2) is 0 Å².